The second-order valence-electron chi connectivity index (χ2n) is 2.39. The van der Waals surface area contributed by atoms with Crippen molar-refractivity contribution in [3.63, 3.8) is 0 Å². The highest BCUT2D eigenvalue weighted by Crippen LogP contribution is 2.28. The maximum atomic E-state index is 4.19. The molecule has 1 heterocycles. The molecule has 1 aliphatic rings. The second kappa shape index (κ2) is 3.70. The zero-order chi connectivity index (χ0) is 8.48. The summed E-state index contributed by atoms with van der Waals surface area (Å²) < 4.78 is 1.77. The fourth-order valence-electron chi connectivity index (χ4n) is 0.684. The summed E-state index contributed by atoms with van der Waals surface area (Å²) in [6, 6.07) is 0. The molecule has 60 valence electrons. The zero-order valence-corrected chi connectivity index (χ0v) is 11.1. The Hall–Kier alpha value is 0.840. The first-order valence-electron chi connectivity index (χ1n) is 3.00. The first-order chi connectivity index (χ1) is 4.99. The molecule has 0 aromatic carbocycles. The molecule has 1 nitrogen and oxygen atoms in total. The quantitative estimate of drug-likeness (QED) is 0.339. The van der Waals surface area contributed by atoms with Gasteiger partial charge in [0.05, 0.1) is 3.42 Å². The van der Waals surface area contributed by atoms with Crippen LogP contribution in [0.1, 0.15) is 6.92 Å². The molecule has 11 heavy (non-hydrogen) atoms. The third kappa shape index (κ3) is 3.38. The van der Waals surface area contributed by atoms with Crippen LogP contribution in [0.2, 0.25) is 0 Å². The van der Waals surface area contributed by atoms with Crippen LogP contribution in [-0.4, -0.2) is 8.04 Å². The van der Waals surface area contributed by atoms with Crippen molar-refractivity contribution >= 4 is 59.1 Å². The van der Waals surface area contributed by atoms with Crippen LogP contribution in [-0.2, 0) is 0 Å². The molecule has 0 aromatic rings. The zero-order valence-electron chi connectivity index (χ0n) is 5.81. The third-order valence-electron chi connectivity index (χ3n) is 1.16. The Balaban J connectivity index is 3.02. The van der Waals surface area contributed by atoms with E-state index >= 15 is 0 Å². The van der Waals surface area contributed by atoms with Crippen molar-refractivity contribution in [2.24, 2.45) is 4.99 Å². The minimum atomic E-state index is 0.0512. The lowest BCUT2D eigenvalue weighted by atomic mass is 10.2. The van der Waals surface area contributed by atoms with Gasteiger partial charge < -0.3 is 0 Å². The predicted octanol–water partition coefficient (Wildman–Crippen LogP) is 3.78. The minimum Gasteiger partial charge on any atom is -0.234 e. The normalized spacial score (nSPS) is 30.9. The lowest BCUT2D eigenvalue weighted by Crippen LogP contribution is -2.05. The Morgan fingerprint density at radius 1 is 1.55 bits per heavy atom. The van der Waals surface area contributed by atoms with Gasteiger partial charge in [-0.3, -0.25) is 0 Å². The van der Waals surface area contributed by atoms with Crippen LogP contribution in [0, 0.1) is 0 Å². The van der Waals surface area contributed by atoms with E-state index in [9.17, 15) is 0 Å². The predicted molar refractivity (Wildman–Crippen MR) is 64.9 cm³/mol. The van der Waals surface area contributed by atoms with Crippen LogP contribution < -0.4 is 0 Å². The highest BCUT2D eigenvalue weighted by atomic mass is 127. The highest BCUT2D eigenvalue weighted by molar-refractivity contribution is 14.1. The Labute approximate surface area is 96.4 Å². The molecular formula is C7H6Br2IN. The monoisotopic (exact) mass is 389 g/mol. The molecule has 0 amide bonds. The van der Waals surface area contributed by atoms with E-state index < -0.39 is 0 Å². The molecule has 0 bridgehead atoms. The van der Waals surface area contributed by atoms with Crippen molar-refractivity contribution in [1.29, 1.82) is 0 Å². The van der Waals surface area contributed by atoms with E-state index in [0.29, 0.717) is 0 Å². The van der Waals surface area contributed by atoms with Crippen molar-refractivity contribution in [3.05, 3.63) is 22.8 Å². The molecule has 0 radical (unpaired) electrons. The molecule has 1 unspecified atom stereocenters. The number of hydrogen-bond acceptors (Lipinski definition) is 1. The summed E-state index contributed by atoms with van der Waals surface area (Å²) >= 11 is 9.03. The van der Waals surface area contributed by atoms with Crippen molar-refractivity contribution in [1.82, 2.24) is 0 Å². The van der Waals surface area contributed by atoms with Gasteiger partial charge in [0, 0.05) is 0 Å². The van der Waals surface area contributed by atoms with Crippen molar-refractivity contribution in [2.75, 3.05) is 0 Å². The molecule has 0 spiro atoms. The van der Waals surface area contributed by atoms with Gasteiger partial charge in [-0.05, 0) is 50.9 Å². The van der Waals surface area contributed by atoms with Crippen molar-refractivity contribution in [2.45, 2.75) is 10.3 Å². The van der Waals surface area contributed by atoms with Gasteiger partial charge in [0.15, 0.2) is 0 Å². The Kier molecular flexibility index (Phi) is 3.34. The van der Waals surface area contributed by atoms with Gasteiger partial charge in [-0.25, -0.2) is 4.99 Å². The van der Waals surface area contributed by atoms with E-state index in [1.807, 2.05) is 6.08 Å². The summed E-state index contributed by atoms with van der Waals surface area (Å²) in [6.45, 7) is 2.12. The molecule has 0 N–H and O–H groups in total. The van der Waals surface area contributed by atoms with Gasteiger partial charge in [0.25, 0.3) is 0 Å². The lowest BCUT2D eigenvalue weighted by Gasteiger charge is -2.09. The molecule has 4 heteroatoms. The van der Waals surface area contributed by atoms with E-state index in [-0.39, 0.29) is 3.42 Å². The average molecular weight is 391 g/mol. The second-order valence-corrected chi connectivity index (χ2v) is 6.34. The molecule has 0 aliphatic carbocycles. The molecule has 1 atom stereocenters. The largest absolute Gasteiger partial charge is 0.234 e. The molecule has 1 aliphatic heterocycles. The van der Waals surface area contributed by atoms with Crippen molar-refractivity contribution in [3.8, 4) is 0 Å². The van der Waals surface area contributed by atoms with Crippen molar-refractivity contribution < 1.29 is 0 Å². The summed E-state index contributed by atoms with van der Waals surface area (Å²) in [5.41, 5.74) is 0. The van der Waals surface area contributed by atoms with Crippen LogP contribution in [0.3, 0.4) is 0 Å². The van der Waals surface area contributed by atoms with Crippen LogP contribution in [0.5, 0.6) is 0 Å². The molecule has 1 rings (SSSR count). The molecule has 0 saturated carbocycles. The standard InChI is InChI=1S/C7H6Br2IN/c1-7(10)3-2-5(8)11-6(9)4-7/h2-4H,1H3. The van der Waals surface area contributed by atoms with Gasteiger partial charge in [-0.2, -0.15) is 0 Å². The maximum Gasteiger partial charge on any atom is 0.107 e. The Morgan fingerprint density at radius 2 is 2.18 bits per heavy atom. The molecule has 0 aromatic heterocycles. The molecule has 0 saturated heterocycles. The fourth-order valence-corrected chi connectivity index (χ4v) is 2.81. The van der Waals surface area contributed by atoms with E-state index in [1.54, 1.807) is 0 Å². The van der Waals surface area contributed by atoms with Crippen LogP contribution in [0.4, 0.5) is 0 Å². The van der Waals surface area contributed by atoms with Gasteiger partial charge in [-0.15, -0.1) is 0 Å². The average Bonchev–Trinajstić information content (AvgIpc) is 1.90. The number of allylic oxidation sites excluding steroid dienone is 3. The number of alkyl halides is 1. The van der Waals surface area contributed by atoms with E-state index in [2.05, 4.69) is 78.5 Å². The van der Waals surface area contributed by atoms with Crippen LogP contribution in [0.15, 0.2) is 27.8 Å². The van der Waals surface area contributed by atoms with Gasteiger partial charge >= 0.3 is 0 Å². The van der Waals surface area contributed by atoms with Gasteiger partial charge in [-0.1, -0.05) is 28.7 Å². The third-order valence-corrected chi connectivity index (χ3v) is 2.68. The SMILES string of the molecule is CC1(I)C=CC(Br)=NC(Br)=C1. The summed E-state index contributed by atoms with van der Waals surface area (Å²) in [7, 11) is 0. The Bertz CT molecular complexity index is 253. The first kappa shape index (κ1) is 9.92. The topological polar surface area (TPSA) is 12.4 Å². The number of hydrogen-bond donors (Lipinski definition) is 0. The number of aliphatic imine (C=N–C) groups is 1. The smallest absolute Gasteiger partial charge is 0.107 e. The fraction of sp³-hybridized carbons (Fsp3) is 0.286. The Morgan fingerprint density at radius 3 is 2.82 bits per heavy atom. The summed E-state index contributed by atoms with van der Waals surface area (Å²) in [5, 5.41) is 0. The summed E-state index contributed by atoms with van der Waals surface area (Å²) in [5.74, 6) is 0. The van der Waals surface area contributed by atoms with E-state index in [4.69, 9.17) is 0 Å². The number of halogens is 3. The first-order valence-corrected chi connectivity index (χ1v) is 5.67. The van der Waals surface area contributed by atoms with Gasteiger partial charge in [0.1, 0.15) is 9.23 Å². The summed E-state index contributed by atoms with van der Waals surface area (Å²) in [4.78, 5) is 4.19. The van der Waals surface area contributed by atoms with E-state index in [0.717, 1.165) is 9.23 Å². The summed E-state index contributed by atoms with van der Waals surface area (Å²) in [6.07, 6.45) is 6.10. The highest BCUT2D eigenvalue weighted by Gasteiger charge is 2.15. The lowest BCUT2D eigenvalue weighted by molar-refractivity contribution is 1.06. The van der Waals surface area contributed by atoms with Crippen LogP contribution in [0.25, 0.3) is 0 Å². The minimum absolute atomic E-state index is 0.0512. The number of rotatable bonds is 0. The molecular weight excluding hydrogens is 385 g/mol. The van der Waals surface area contributed by atoms with E-state index in [1.165, 1.54) is 0 Å². The van der Waals surface area contributed by atoms with Gasteiger partial charge in [0.2, 0.25) is 0 Å². The molecule has 0 fully saturated rings. The maximum absolute atomic E-state index is 4.19. The number of nitrogens with zero attached hydrogens (tertiary/aromatic N) is 1. The van der Waals surface area contributed by atoms with Crippen LogP contribution >= 0.6 is 54.5 Å².